The average molecular weight is 292 g/mol. The summed E-state index contributed by atoms with van der Waals surface area (Å²) < 4.78 is 5.26. The molecule has 3 rings (SSSR count). The number of nitrogens with zero attached hydrogens (tertiary/aromatic N) is 3. The van der Waals surface area contributed by atoms with Crippen LogP contribution in [0.1, 0.15) is 12.8 Å². The highest BCUT2D eigenvalue weighted by atomic mass is 32.1. The van der Waals surface area contributed by atoms with Crippen molar-refractivity contribution in [3.05, 3.63) is 11.4 Å². The lowest BCUT2D eigenvalue weighted by molar-refractivity contribution is 0.139. The third-order valence-electron chi connectivity index (χ3n) is 3.84. The maximum atomic E-state index is 5.26. The molecule has 0 amide bonds. The minimum atomic E-state index is 0.680. The fraction of sp³-hybridized carbons (Fsp3) is 0.571. The Morgan fingerprint density at radius 3 is 2.90 bits per heavy atom. The molecule has 1 saturated heterocycles. The molecule has 1 fully saturated rings. The van der Waals surface area contributed by atoms with E-state index in [-0.39, 0.29) is 0 Å². The zero-order chi connectivity index (χ0) is 13.9. The molecular weight excluding hydrogens is 272 g/mol. The Kier molecular flexibility index (Phi) is 4.03. The Morgan fingerprint density at radius 1 is 1.40 bits per heavy atom. The van der Waals surface area contributed by atoms with Crippen LogP contribution >= 0.6 is 11.3 Å². The van der Waals surface area contributed by atoms with Crippen LogP contribution in [0, 0.1) is 5.92 Å². The Hall–Kier alpha value is -1.40. The van der Waals surface area contributed by atoms with Crippen molar-refractivity contribution in [1.29, 1.82) is 0 Å². The van der Waals surface area contributed by atoms with Crippen molar-refractivity contribution in [1.82, 2.24) is 9.97 Å². The highest BCUT2D eigenvalue weighted by molar-refractivity contribution is 7.16. The number of ether oxygens (including phenoxy) is 1. The van der Waals surface area contributed by atoms with E-state index >= 15 is 0 Å². The molecule has 0 aromatic carbocycles. The molecule has 2 aromatic heterocycles. The SMILES string of the molecule is CNc1nc(N2CCC(COC)CC2)c2ccsc2n1. The predicted octanol–water partition coefficient (Wildman–Crippen LogP) is 2.60. The Labute approximate surface area is 123 Å². The first kappa shape index (κ1) is 13.6. The fourth-order valence-electron chi connectivity index (χ4n) is 2.74. The normalized spacial score (nSPS) is 16.8. The topological polar surface area (TPSA) is 50.3 Å². The van der Waals surface area contributed by atoms with Gasteiger partial charge in [0.2, 0.25) is 5.95 Å². The molecule has 1 aliphatic heterocycles. The van der Waals surface area contributed by atoms with Gasteiger partial charge in [0.25, 0.3) is 0 Å². The predicted molar refractivity (Wildman–Crippen MR) is 83.8 cm³/mol. The molecule has 6 heteroatoms. The van der Waals surface area contributed by atoms with Crippen molar-refractivity contribution in [2.24, 2.45) is 5.92 Å². The van der Waals surface area contributed by atoms with Crippen LogP contribution in [0.25, 0.3) is 10.2 Å². The second-order valence-corrected chi connectivity index (χ2v) is 6.04. The summed E-state index contributed by atoms with van der Waals surface area (Å²) in [6.07, 6.45) is 2.33. The summed E-state index contributed by atoms with van der Waals surface area (Å²) >= 11 is 1.67. The van der Waals surface area contributed by atoms with Gasteiger partial charge in [0.1, 0.15) is 10.6 Å². The molecule has 0 saturated carbocycles. The highest BCUT2D eigenvalue weighted by Gasteiger charge is 2.22. The van der Waals surface area contributed by atoms with Crippen LogP contribution in [0.3, 0.4) is 0 Å². The molecule has 0 aliphatic carbocycles. The van der Waals surface area contributed by atoms with Crippen LogP contribution in [-0.2, 0) is 4.74 Å². The first-order valence-electron chi connectivity index (χ1n) is 6.98. The van der Waals surface area contributed by atoms with E-state index in [1.165, 1.54) is 18.2 Å². The summed E-state index contributed by atoms with van der Waals surface area (Å²) in [4.78, 5) is 12.6. The van der Waals surface area contributed by atoms with Crippen LogP contribution in [0.2, 0.25) is 0 Å². The zero-order valence-corrected chi connectivity index (χ0v) is 12.7. The quantitative estimate of drug-likeness (QED) is 0.938. The lowest BCUT2D eigenvalue weighted by atomic mass is 9.98. The number of hydrogen-bond acceptors (Lipinski definition) is 6. The van der Waals surface area contributed by atoms with Gasteiger partial charge < -0.3 is 15.0 Å². The Balaban J connectivity index is 1.85. The van der Waals surface area contributed by atoms with Crippen LogP contribution in [0.4, 0.5) is 11.8 Å². The highest BCUT2D eigenvalue weighted by Crippen LogP contribution is 2.31. The molecule has 2 aromatic rings. The molecule has 1 aliphatic rings. The molecular formula is C14H20N4OS. The molecule has 108 valence electrons. The first-order chi connectivity index (χ1) is 9.81. The van der Waals surface area contributed by atoms with Crippen LogP contribution in [0.5, 0.6) is 0 Å². The van der Waals surface area contributed by atoms with Gasteiger partial charge in [-0.1, -0.05) is 0 Å². The summed E-state index contributed by atoms with van der Waals surface area (Å²) in [5.41, 5.74) is 0. The van der Waals surface area contributed by atoms with Gasteiger partial charge in [-0.25, -0.2) is 4.98 Å². The van der Waals surface area contributed by atoms with Crippen LogP contribution < -0.4 is 10.2 Å². The van der Waals surface area contributed by atoms with Gasteiger partial charge >= 0.3 is 0 Å². The van der Waals surface area contributed by atoms with E-state index in [1.54, 1.807) is 18.4 Å². The number of piperidine rings is 1. The second-order valence-electron chi connectivity index (χ2n) is 5.15. The molecule has 20 heavy (non-hydrogen) atoms. The molecule has 1 N–H and O–H groups in total. The van der Waals surface area contributed by atoms with Gasteiger partial charge in [0.15, 0.2) is 0 Å². The van der Waals surface area contributed by atoms with Crippen molar-refractivity contribution in [3.63, 3.8) is 0 Å². The fourth-order valence-corrected chi connectivity index (χ4v) is 3.50. The standard InChI is InChI=1S/C14H20N4OS/c1-15-14-16-12(11-5-8-20-13(11)17-14)18-6-3-10(4-7-18)9-19-2/h5,8,10H,3-4,6-7,9H2,1-2H3,(H,15,16,17). The summed E-state index contributed by atoms with van der Waals surface area (Å²) in [6.45, 7) is 2.95. The summed E-state index contributed by atoms with van der Waals surface area (Å²) in [5.74, 6) is 2.45. The largest absolute Gasteiger partial charge is 0.384 e. The van der Waals surface area contributed by atoms with Gasteiger partial charge in [0.05, 0.1) is 5.39 Å². The number of nitrogens with one attached hydrogen (secondary N) is 1. The van der Waals surface area contributed by atoms with Crippen molar-refractivity contribution in [3.8, 4) is 0 Å². The van der Waals surface area contributed by atoms with Gasteiger partial charge in [-0.15, -0.1) is 11.3 Å². The van der Waals surface area contributed by atoms with E-state index in [4.69, 9.17) is 4.74 Å². The number of hydrogen-bond donors (Lipinski definition) is 1. The number of rotatable bonds is 4. The summed E-state index contributed by atoms with van der Waals surface area (Å²) in [7, 11) is 3.65. The molecule has 0 spiro atoms. The molecule has 0 unspecified atom stereocenters. The molecule has 0 bridgehead atoms. The van der Waals surface area contributed by atoms with Crippen LogP contribution in [0.15, 0.2) is 11.4 Å². The number of methoxy groups -OCH3 is 1. The number of anilines is 2. The Morgan fingerprint density at radius 2 is 2.20 bits per heavy atom. The van der Waals surface area contributed by atoms with Crippen LogP contribution in [-0.4, -0.2) is 43.8 Å². The summed E-state index contributed by atoms with van der Waals surface area (Å²) in [5, 5.41) is 6.30. The van der Waals surface area contributed by atoms with Crippen molar-refractivity contribution in [2.75, 3.05) is 44.1 Å². The van der Waals surface area contributed by atoms with Crippen molar-refractivity contribution in [2.45, 2.75) is 12.8 Å². The molecule has 0 radical (unpaired) electrons. The summed E-state index contributed by atoms with van der Waals surface area (Å²) in [6, 6.07) is 2.12. The van der Waals surface area contributed by atoms with E-state index in [0.717, 1.165) is 30.3 Å². The maximum absolute atomic E-state index is 5.26. The van der Waals surface area contributed by atoms with E-state index in [0.29, 0.717) is 11.9 Å². The van der Waals surface area contributed by atoms with Gasteiger partial charge in [-0.05, 0) is 30.2 Å². The molecule has 5 nitrogen and oxygen atoms in total. The maximum Gasteiger partial charge on any atom is 0.225 e. The number of aromatic nitrogens is 2. The van der Waals surface area contributed by atoms with Crippen molar-refractivity contribution < 1.29 is 4.74 Å². The van der Waals surface area contributed by atoms with E-state index < -0.39 is 0 Å². The number of thiophene rings is 1. The number of fused-ring (bicyclic) bond motifs is 1. The minimum Gasteiger partial charge on any atom is -0.384 e. The van der Waals surface area contributed by atoms with Gasteiger partial charge in [-0.3, -0.25) is 0 Å². The molecule has 3 heterocycles. The second kappa shape index (κ2) is 5.93. The monoisotopic (exact) mass is 292 g/mol. The third kappa shape index (κ3) is 2.58. The van der Waals surface area contributed by atoms with E-state index in [2.05, 4.69) is 31.6 Å². The van der Waals surface area contributed by atoms with E-state index in [9.17, 15) is 0 Å². The van der Waals surface area contributed by atoms with E-state index in [1.807, 2.05) is 7.05 Å². The smallest absolute Gasteiger partial charge is 0.225 e. The third-order valence-corrected chi connectivity index (χ3v) is 4.65. The zero-order valence-electron chi connectivity index (χ0n) is 11.9. The van der Waals surface area contributed by atoms with Gasteiger partial charge in [-0.2, -0.15) is 4.98 Å². The molecule has 0 atom stereocenters. The van der Waals surface area contributed by atoms with Gasteiger partial charge in [0, 0.05) is 33.9 Å². The van der Waals surface area contributed by atoms with Crippen molar-refractivity contribution >= 4 is 33.3 Å². The minimum absolute atomic E-state index is 0.680. The Bertz CT molecular complexity index is 578. The lowest BCUT2D eigenvalue weighted by Gasteiger charge is -2.32. The lowest BCUT2D eigenvalue weighted by Crippen LogP contribution is -2.35. The average Bonchev–Trinajstić information content (AvgIpc) is 2.95. The first-order valence-corrected chi connectivity index (χ1v) is 7.86.